The molecule has 0 spiro atoms. The summed E-state index contributed by atoms with van der Waals surface area (Å²) in [6.07, 6.45) is 3.53. The third-order valence-corrected chi connectivity index (χ3v) is 3.06. The van der Waals surface area contributed by atoms with Gasteiger partial charge in [-0.2, -0.15) is 0 Å². The summed E-state index contributed by atoms with van der Waals surface area (Å²) in [6, 6.07) is 6.99. The van der Waals surface area contributed by atoms with Crippen LogP contribution in [-0.4, -0.2) is 15.5 Å². The minimum Gasteiger partial charge on any atom is -0.347 e. The van der Waals surface area contributed by atoms with Gasteiger partial charge in [0.2, 0.25) is 5.91 Å². The van der Waals surface area contributed by atoms with Crippen molar-refractivity contribution in [3.8, 4) is 0 Å². The lowest BCUT2D eigenvalue weighted by Crippen LogP contribution is -2.34. The van der Waals surface area contributed by atoms with Crippen molar-refractivity contribution in [2.45, 2.75) is 19.5 Å². The van der Waals surface area contributed by atoms with E-state index in [2.05, 4.69) is 10.3 Å². The molecule has 0 radical (unpaired) electrons. The number of hydrogen-bond donors (Lipinski definition) is 2. The number of carbonyl (C=O) groups excluding carboxylic acids is 1. The van der Waals surface area contributed by atoms with Crippen molar-refractivity contribution in [2.24, 2.45) is 12.8 Å². The van der Waals surface area contributed by atoms with Gasteiger partial charge in [-0.05, 0) is 12.5 Å². The standard InChI is InChI=1S/C14H18N4O/c1-10-3-5-11(6-4-10)13(15)14(19)17-9-12-16-7-8-18(12)2/h3-8,13H,9,15H2,1-2H3,(H,17,19). The Morgan fingerprint density at radius 2 is 2.11 bits per heavy atom. The van der Waals surface area contributed by atoms with Gasteiger partial charge in [-0.1, -0.05) is 29.8 Å². The number of aryl methyl sites for hydroxylation is 2. The van der Waals surface area contributed by atoms with Crippen molar-refractivity contribution in [3.05, 3.63) is 53.6 Å². The molecule has 0 aliphatic rings. The molecule has 0 saturated carbocycles. The second-order valence-corrected chi connectivity index (χ2v) is 4.56. The van der Waals surface area contributed by atoms with Crippen LogP contribution in [0.5, 0.6) is 0 Å². The summed E-state index contributed by atoms with van der Waals surface area (Å²) in [5, 5.41) is 2.79. The summed E-state index contributed by atoms with van der Waals surface area (Å²) in [5.74, 6) is 0.594. The molecule has 1 aromatic heterocycles. The van der Waals surface area contributed by atoms with Crippen LogP contribution in [0.25, 0.3) is 0 Å². The van der Waals surface area contributed by atoms with Crippen LogP contribution in [0.3, 0.4) is 0 Å². The Kier molecular flexibility index (Phi) is 3.97. The first-order valence-electron chi connectivity index (χ1n) is 6.14. The zero-order chi connectivity index (χ0) is 13.8. The molecular weight excluding hydrogens is 240 g/mol. The van der Waals surface area contributed by atoms with Gasteiger partial charge >= 0.3 is 0 Å². The lowest BCUT2D eigenvalue weighted by molar-refractivity contribution is -0.122. The molecule has 5 heteroatoms. The van der Waals surface area contributed by atoms with Crippen molar-refractivity contribution in [1.82, 2.24) is 14.9 Å². The van der Waals surface area contributed by atoms with Crippen LogP contribution in [0, 0.1) is 6.92 Å². The quantitative estimate of drug-likeness (QED) is 0.860. The van der Waals surface area contributed by atoms with Gasteiger partial charge in [0, 0.05) is 19.4 Å². The molecular formula is C14H18N4O. The molecule has 2 aromatic rings. The number of aromatic nitrogens is 2. The average Bonchev–Trinajstić information content (AvgIpc) is 2.81. The molecule has 1 heterocycles. The van der Waals surface area contributed by atoms with E-state index >= 15 is 0 Å². The van der Waals surface area contributed by atoms with Gasteiger partial charge in [0.15, 0.2) is 0 Å². The topological polar surface area (TPSA) is 72.9 Å². The molecule has 100 valence electrons. The molecule has 1 amide bonds. The normalized spacial score (nSPS) is 12.2. The molecule has 0 aliphatic carbocycles. The third-order valence-electron chi connectivity index (χ3n) is 3.06. The molecule has 1 unspecified atom stereocenters. The minimum atomic E-state index is -0.652. The second-order valence-electron chi connectivity index (χ2n) is 4.56. The lowest BCUT2D eigenvalue weighted by atomic mass is 10.1. The van der Waals surface area contributed by atoms with Crippen molar-refractivity contribution in [3.63, 3.8) is 0 Å². The number of hydrogen-bond acceptors (Lipinski definition) is 3. The Morgan fingerprint density at radius 1 is 1.42 bits per heavy atom. The molecule has 5 nitrogen and oxygen atoms in total. The maximum absolute atomic E-state index is 12.0. The first kappa shape index (κ1) is 13.3. The predicted octanol–water partition coefficient (Wildman–Crippen LogP) is 1.04. The highest BCUT2D eigenvalue weighted by Gasteiger charge is 2.15. The first-order chi connectivity index (χ1) is 9.08. The monoisotopic (exact) mass is 258 g/mol. The van der Waals surface area contributed by atoms with Gasteiger partial charge in [-0.15, -0.1) is 0 Å². The van der Waals surface area contributed by atoms with Gasteiger partial charge in [-0.3, -0.25) is 4.79 Å². The number of nitrogens with one attached hydrogen (secondary N) is 1. The molecule has 0 bridgehead atoms. The van der Waals surface area contributed by atoms with Gasteiger partial charge in [0.25, 0.3) is 0 Å². The molecule has 1 aromatic carbocycles. The Bertz CT molecular complexity index is 559. The zero-order valence-electron chi connectivity index (χ0n) is 11.1. The highest BCUT2D eigenvalue weighted by atomic mass is 16.2. The van der Waals surface area contributed by atoms with Gasteiger partial charge in [0.05, 0.1) is 6.54 Å². The lowest BCUT2D eigenvalue weighted by Gasteiger charge is -2.12. The fraction of sp³-hybridized carbons (Fsp3) is 0.286. The van der Waals surface area contributed by atoms with Crippen molar-refractivity contribution < 1.29 is 4.79 Å². The Hall–Kier alpha value is -2.14. The summed E-state index contributed by atoms with van der Waals surface area (Å²) in [6.45, 7) is 2.37. The van der Waals surface area contributed by atoms with Crippen LogP contribution >= 0.6 is 0 Å². The highest BCUT2D eigenvalue weighted by Crippen LogP contribution is 2.11. The number of nitrogens with two attached hydrogens (primary N) is 1. The molecule has 3 N–H and O–H groups in total. The van der Waals surface area contributed by atoms with E-state index in [4.69, 9.17) is 5.73 Å². The average molecular weight is 258 g/mol. The van der Waals surface area contributed by atoms with Gasteiger partial charge in [0.1, 0.15) is 11.9 Å². The number of amides is 1. The van der Waals surface area contributed by atoms with Crippen LogP contribution in [-0.2, 0) is 18.4 Å². The summed E-state index contributed by atoms with van der Waals surface area (Å²) >= 11 is 0. The van der Waals surface area contributed by atoms with Crippen LogP contribution in [0.4, 0.5) is 0 Å². The van der Waals surface area contributed by atoms with Crippen molar-refractivity contribution in [1.29, 1.82) is 0 Å². The van der Waals surface area contributed by atoms with E-state index in [0.29, 0.717) is 6.54 Å². The van der Waals surface area contributed by atoms with Crippen LogP contribution in [0.15, 0.2) is 36.7 Å². The first-order valence-corrected chi connectivity index (χ1v) is 6.14. The maximum Gasteiger partial charge on any atom is 0.241 e. The highest BCUT2D eigenvalue weighted by molar-refractivity contribution is 5.82. The van der Waals surface area contributed by atoms with Crippen LogP contribution in [0.2, 0.25) is 0 Å². The molecule has 0 fully saturated rings. The minimum absolute atomic E-state index is 0.202. The fourth-order valence-corrected chi connectivity index (χ4v) is 1.77. The van der Waals surface area contributed by atoms with E-state index in [1.54, 1.807) is 6.20 Å². The Morgan fingerprint density at radius 3 is 2.68 bits per heavy atom. The van der Waals surface area contributed by atoms with E-state index in [0.717, 1.165) is 17.0 Å². The Balaban J connectivity index is 1.96. The third kappa shape index (κ3) is 3.20. The molecule has 19 heavy (non-hydrogen) atoms. The smallest absolute Gasteiger partial charge is 0.241 e. The summed E-state index contributed by atoms with van der Waals surface area (Å²) < 4.78 is 1.86. The Labute approximate surface area is 112 Å². The number of carbonyl (C=O) groups is 1. The molecule has 2 rings (SSSR count). The fourth-order valence-electron chi connectivity index (χ4n) is 1.77. The van der Waals surface area contributed by atoms with Gasteiger partial charge in [-0.25, -0.2) is 4.98 Å². The van der Waals surface area contributed by atoms with E-state index in [1.807, 2.05) is 49.0 Å². The van der Waals surface area contributed by atoms with Crippen LogP contribution in [0.1, 0.15) is 23.0 Å². The van der Waals surface area contributed by atoms with E-state index in [-0.39, 0.29) is 5.91 Å². The van der Waals surface area contributed by atoms with Crippen molar-refractivity contribution in [2.75, 3.05) is 0 Å². The number of rotatable bonds is 4. The molecule has 1 atom stereocenters. The number of nitrogens with zero attached hydrogens (tertiary/aromatic N) is 2. The number of imidazole rings is 1. The molecule has 0 aliphatic heterocycles. The van der Waals surface area contributed by atoms with E-state index in [9.17, 15) is 4.79 Å². The van der Waals surface area contributed by atoms with Gasteiger partial charge < -0.3 is 15.6 Å². The molecule has 0 saturated heterocycles. The van der Waals surface area contributed by atoms with Crippen molar-refractivity contribution >= 4 is 5.91 Å². The number of benzene rings is 1. The maximum atomic E-state index is 12.0. The predicted molar refractivity (Wildman–Crippen MR) is 73.2 cm³/mol. The summed E-state index contributed by atoms with van der Waals surface area (Å²) in [4.78, 5) is 16.1. The summed E-state index contributed by atoms with van der Waals surface area (Å²) in [7, 11) is 1.88. The summed E-state index contributed by atoms with van der Waals surface area (Å²) in [5.41, 5.74) is 7.88. The second kappa shape index (κ2) is 5.67. The zero-order valence-corrected chi connectivity index (χ0v) is 11.1. The SMILES string of the molecule is Cc1ccc(C(N)C(=O)NCc2nccn2C)cc1. The van der Waals surface area contributed by atoms with E-state index in [1.165, 1.54) is 0 Å². The van der Waals surface area contributed by atoms with E-state index < -0.39 is 6.04 Å². The van der Waals surface area contributed by atoms with Crippen LogP contribution < -0.4 is 11.1 Å². The largest absolute Gasteiger partial charge is 0.347 e.